The predicted molar refractivity (Wildman–Crippen MR) is 77.6 cm³/mol. The van der Waals surface area contributed by atoms with Crippen molar-refractivity contribution in [3.05, 3.63) is 28.2 Å². The van der Waals surface area contributed by atoms with E-state index < -0.39 is 0 Å². The van der Waals surface area contributed by atoms with Crippen molar-refractivity contribution < 1.29 is 0 Å². The van der Waals surface area contributed by atoms with E-state index in [-0.39, 0.29) is 0 Å². The molecule has 2 nitrogen and oxygen atoms in total. The lowest BCUT2D eigenvalue weighted by atomic mass is 10.1. The molecule has 1 N–H and O–H groups in total. The number of hydrogen-bond acceptors (Lipinski definition) is 2. The van der Waals surface area contributed by atoms with Gasteiger partial charge in [-0.15, -0.1) is 0 Å². The van der Waals surface area contributed by atoms with Gasteiger partial charge >= 0.3 is 0 Å². The second kappa shape index (κ2) is 5.87. The van der Waals surface area contributed by atoms with Gasteiger partial charge in [-0.05, 0) is 37.1 Å². The Morgan fingerprint density at radius 1 is 1.47 bits per heavy atom. The second-order valence-corrected chi connectivity index (χ2v) is 5.77. The van der Waals surface area contributed by atoms with Gasteiger partial charge in [-0.3, -0.25) is 0 Å². The van der Waals surface area contributed by atoms with Crippen molar-refractivity contribution in [2.45, 2.75) is 39.3 Å². The van der Waals surface area contributed by atoms with Gasteiger partial charge in [0.15, 0.2) is 0 Å². The lowest BCUT2D eigenvalue weighted by molar-refractivity contribution is 0.548. The zero-order valence-corrected chi connectivity index (χ0v) is 12.3. The summed E-state index contributed by atoms with van der Waals surface area (Å²) < 4.78 is 1.17. The van der Waals surface area contributed by atoms with Crippen molar-refractivity contribution in [2.75, 3.05) is 18.0 Å². The number of nitrogens with one attached hydrogen (secondary N) is 1. The van der Waals surface area contributed by atoms with Crippen LogP contribution >= 0.6 is 15.9 Å². The van der Waals surface area contributed by atoms with Crippen LogP contribution in [0.3, 0.4) is 0 Å². The van der Waals surface area contributed by atoms with Crippen LogP contribution in [0, 0.1) is 0 Å². The first-order valence-corrected chi connectivity index (χ1v) is 7.26. The molecule has 17 heavy (non-hydrogen) atoms. The molecule has 0 radical (unpaired) electrons. The zero-order valence-electron chi connectivity index (χ0n) is 10.7. The minimum Gasteiger partial charge on any atom is -0.370 e. The van der Waals surface area contributed by atoms with Gasteiger partial charge in [0.25, 0.3) is 0 Å². The molecule has 0 amide bonds. The number of fused-ring (bicyclic) bond motifs is 1. The summed E-state index contributed by atoms with van der Waals surface area (Å²) in [5, 5.41) is 3.57. The number of anilines is 1. The van der Waals surface area contributed by atoms with E-state index in [1.807, 2.05) is 0 Å². The molecule has 1 aliphatic heterocycles. The number of hydrogen-bond donors (Lipinski definition) is 1. The molecule has 0 fully saturated rings. The Kier molecular flexibility index (Phi) is 4.46. The average Bonchev–Trinajstić information content (AvgIpc) is 2.46. The molecule has 1 heterocycles. The topological polar surface area (TPSA) is 15.3 Å². The average molecular weight is 297 g/mol. The summed E-state index contributed by atoms with van der Waals surface area (Å²) in [4.78, 5) is 2.52. The molecule has 1 aliphatic rings. The van der Waals surface area contributed by atoms with Gasteiger partial charge in [0.2, 0.25) is 0 Å². The number of halogens is 1. The van der Waals surface area contributed by atoms with E-state index in [0.717, 1.165) is 19.6 Å². The summed E-state index contributed by atoms with van der Waals surface area (Å²) in [5.41, 5.74) is 2.80. The van der Waals surface area contributed by atoms with Crippen molar-refractivity contribution >= 4 is 21.6 Å². The Balaban J connectivity index is 2.25. The number of unbranched alkanes of at least 4 members (excludes halogenated alkanes) is 1. The quantitative estimate of drug-likeness (QED) is 0.918. The largest absolute Gasteiger partial charge is 0.370 e. The normalized spacial score (nSPS) is 19.9. The van der Waals surface area contributed by atoms with Crippen molar-refractivity contribution in [1.82, 2.24) is 5.32 Å². The summed E-state index contributed by atoms with van der Waals surface area (Å²) in [7, 11) is 0. The number of benzene rings is 1. The summed E-state index contributed by atoms with van der Waals surface area (Å²) in [6.07, 6.45) is 2.52. The molecule has 0 aromatic heterocycles. The van der Waals surface area contributed by atoms with Crippen LogP contribution in [0.1, 0.15) is 32.3 Å². The van der Waals surface area contributed by atoms with Gasteiger partial charge in [-0.25, -0.2) is 0 Å². The number of nitrogens with zero attached hydrogens (tertiary/aromatic N) is 1. The van der Waals surface area contributed by atoms with Crippen molar-refractivity contribution in [3.63, 3.8) is 0 Å². The maximum Gasteiger partial charge on any atom is 0.0413 e. The minimum atomic E-state index is 0.554. The van der Waals surface area contributed by atoms with E-state index in [1.54, 1.807) is 0 Å². The Labute approximate surface area is 113 Å². The second-order valence-electron chi connectivity index (χ2n) is 4.85. The molecule has 0 aliphatic carbocycles. The van der Waals surface area contributed by atoms with E-state index in [2.05, 4.69) is 58.2 Å². The van der Waals surface area contributed by atoms with Crippen molar-refractivity contribution in [1.29, 1.82) is 0 Å². The van der Waals surface area contributed by atoms with Crippen LogP contribution in [0.4, 0.5) is 5.69 Å². The maximum absolute atomic E-state index is 3.57. The van der Waals surface area contributed by atoms with Crippen LogP contribution in [-0.2, 0) is 6.54 Å². The van der Waals surface area contributed by atoms with Crippen molar-refractivity contribution in [2.24, 2.45) is 0 Å². The van der Waals surface area contributed by atoms with Crippen LogP contribution in [0.15, 0.2) is 22.7 Å². The molecule has 0 bridgehead atoms. The molecule has 1 aromatic rings. The smallest absolute Gasteiger partial charge is 0.0413 e. The molecule has 2 rings (SSSR count). The predicted octanol–water partition coefficient (Wildman–Crippen LogP) is 3.55. The fraction of sp³-hybridized carbons (Fsp3) is 0.571. The third-order valence-electron chi connectivity index (χ3n) is 3.30. The monoisotopic (exact) mass is 296 g/mol. The highest BCUT2D eigenvalue weighted by Crippen LogP contribution is 2.27. The molecule has 0 saturated carbocycles. The summed E-state index contributed by atoms with van der Waals surface area (Å²) in [5.74, 6) is 0. The lowest BCUT2D eigenvalue weighted by Gasteiger charge is -2.26. The highest BCUT2D eigenvalue weighted by Gasteiger charge is 2.18. The Morgan fingerprint density at radius 2 is 2.29 bits per heavy atom. The Morgan fingerprint density at radius 3 is 3.06 bits per heavy atom. The third kappa shape index (κ3) is 3.23. The third-order valence-corrected chi connectivity index (χ3v) is 3.79. The van der Waals surface area contributed by atoms with Crippen LogP contribution in [-0.4, -0.2) is 19.1 Å². The highest BCUT2D eigenvalue weighted by atomic mass is 79.9. The number of rotatable bonds is 3. The summed E-state index contributed by atoms with van der Waals surface area (Å²) >= 11 is 3.56. The molecule has 94 valence electrons. The van der Waals surface area contributed by atoms with Gasteiger partial charge in [0, 0.05) is 35.8 Å². The van der Waals surface area contributed by atoms with E-state index in [9.17, 15) is 0 Å². The van der Waals surface area contributed by atoms with E-state index >= 15 is 0 Å². The zero-order chi connectivity index (χ0) is 12.3. The SMILES string of the molecule is CCCCN1CC(C)NCc2cc(Br)ccc21. The van der Waals surface area contributed by atoms with Gasteiger partial charge in [0.05, 0.1) is 0 Å². The Bertz CT molecular complexity index is 378. The minimum absolute atomic E-state index is 0.554. The standard InChI is InChI=1S/C14H21BrN2/c1-3-4-7-17-10-11(2)16-9-12-8-13(15)5-6-14(12)17/h5-6,8,11,16H,3-4,7,9-10H2,1-2H3. The van der Waals surface area contributed by atoms with Crippen LogP contribution < -0.4 is 10.2 Å². The van der Waals surface area contributed by atoms with Crippen LogP contribution in [0.25, 0.3) is 0 Å². The molecule has 0 saturated heterocycles. The van der Waals surface area contributed by atoms with E-state index in [0.29, 0.717) is 6.04 Å². The molecular formula is C14H21BrN2. The summed E-state index contributed by atoms with van der Waals surface area (Å²) in [6.45, 7) is 7.76. The fourth-order valence-electron chi connectivity index (χ4n) is 2.34. The van der Waals surface area contributed by atoms with Gasteiger partial charge in [0.1, 0.15) is 0 Å². The van der Waals surface area contributed by atoms with Crippen LogP contribution in [0.2, 0.25) is 0 Å². The highest BCUT2D eigenvalue weighted by molar-refractivity contribution is 9.10. The van der Waals surface area contributed by atoms with E-state index in [4.69, 9.17) is 0 Å². The van der Waals surface area contributed by atoms with Gasteiger partial charge in [-0.2, -0.15) is 0 Å². The maximum atomic E-state index is 3.57. The molecule has 1 atom stereocenters. The van der Waals surface area contributed by atoms with E-state index in [1.165, 1.54) is 28.6 Å². The molecular weight excluding hydrogens is 276 g/mol. The lowest BCUT2D eigenvalue weighted by Crippen LogP contribution is -2.36. The van der Waals surface area contributed by atoms with Crippen LogP contribution in [0.5, 0.6) is 0 Å². The van der Waals surface area contributed by atoms with Gasteiger partial charge in [-0.1, -0.05) is 29.3 Å². The first-order chi connectivity index (χ1) is 8.20. The fourth-order valence-corrected chi connectivity index (χ4v) is 2.75. The first kappa shape index (κ1) is 12.9. The van der Waals surface area contributed by atoms with Crippen molar-refractivity contribution in [3.8, 4) is 0 Å². The van der Waals surface area contributed by atoms with Gasteiger partial charge < -0.3 is 10.2 Å². The molecule has 1 aromatic carbocycles. The Hall–Kier alpha value is -0.540. The summed E-state index contributed by atoms with van der Waals surface area (Å²) in [6, 6.07) is 7.18. The molecule has 0 spiro atoms. The first-order valence-electron chi connectivity index (χ1n) is 6.47. The molecule has 3 heteroatoms. The molecule has 1 unspecified atom stereocenters.